The van der Waals surface area contributed by atoms with E-state index in [0.29, 0.717) is 11.7 Å². The molecule has 0 radical (unpaired) electrons. The van der Waals surface area contributed by atoms with Crippen LogP contribution >= 0.6 is 0 Å². The van der Waals surface area contributed by atoms with Crippen molar-refractivity contribution in [2.24, 2.45) is 5.73 Å². The molecule has 5 heteroatoms. The summed E-state index contributed by atoms with van der Waals surface area (Å²) >= 11 is 0. The van der Waals surface area contributed by atoms with Gasteiger partial charge in [-0.15, -0.1) is 0 Å². The first-order chi connectivity index (χ1) is 7.31. The van der Waals surface area contributed by atoms with Crippen molar-refractivity contribution in [1.29, 1.82) is 0 Å². The summed E-state index contributed by atoms with van der Waals surface area (Å²) in [6.45, 7) is 1.95. The van der Waals surface area contributed by atoms with E-state index in [1.165, 1.54) is 0 Å². The van der Waals surface area contributed by atoms with Gasteiger partial charge in [-0.05, 0) is 17.7 Å². The van der Waals surface area contributed by atoms with E-state index in [4.69, 9.17) is 10.3 Å². The molecule has 0 aliphatic carbocycles. The van der Waals surface area contributed by atoms with Gasteiger partial charge in [0.05, 0.1) is 6.04 Å². The van der Waals surface area contributed by atoms with Gasteiger partial charge in [-0.25, -0.2) is 0 Å². The van der Waals surface area contributed by atoms with Crippen LogP contribution in [0.15, 0.2) is 29.0 Å². The average molecular weight is 204 g/mol. The van der Waals surface area contributed by atoms with E-state index >= 15 is 0 Å². The molecule has 15 heavy (non-hydrogen) atoms. The van der Waals surface area contributed by atoms with Gasteiger partial charge in [0, 0.05) is 18.8 Å². The first kappa shape index (κ1) is 9.79. The number of pyridine rings is 1. The minimum atomic E-state index is -0.350. The van der Waals surface area contributed by atoms with E-state index in [1.807, 2.05) is 19.1 Å². The molecule has 0 aromatic carbocycles. The predicted molar refractivity (Wildman–Crippen MR) is 53.9 cm³/mol. The maximum atomic E-state index is 5.97. The molecule has 0 unspecified atom stereocenters. The zero-order chi connectivity index (χ0) is 10.7. The lowest BCUT2D eigenvalue weighted by Crippen LogP contribution is -2.13. The molecular weight excluding hydrogens is 192 g/mol. The van der Waals surface area contributed by atoms with Crippen molar-refractivity contribution in [3.8, 4) is 0 Å². The monoisotopic (exact) mass is 204 g/mol. The van der Waals surface area contributed by atoms with Crippen LogP contribution in [0.2, 0.25) is 0 Å². The standard InChI is InChI=1S/C10H12N4O/c1-2-8-13-10(14-15-8)9(11)7-3-5-12-6-4-7/h3-6,9H,2,11H2,1H3/t9-/m1/s1. The fourth-order valence-electron chi connectivity index (χ4n) is 1.26. The van der Waals surface area contributed by atoms with Crippen molar-refractivity contribution >= 4 is 0 Å². The Morgan fingerprint density at radius 2 is 2.13 bits per heavy atom. The summed E-state index contributed by atoms with van der Waals surface area (Å²) in [7, 11) is 0. The first-order valence-electron chi connectivity index (χ1n) is 4.79. The smallest absolute Gasteiger partial charge is 0.226 e. The van der Waals surface area contributed by atoms with Crippen molar-refractivity contribution in [3.05, 3.63) is 41.8 Å². The van der Waals surface area contributed by atoms with Crippen LogP contribution in [-0.2, 0) is 6.42 Å². The molecule has 0 bridgehead atoms. The number of rotatable bonds is 3. The van der Waals surface area contributed by atoms with Crippen LogP contribution in [0.4, 0.5) is 0 Å². The third-order valence-electron chi connectivity index (χ3n) is 2.13. The Hall–Kier alpha value is -1.75. The summed E-state index contributed by atoms with van der Waals surface area (Å²) in [5.74, 6) is 1.12. The highest BCUT2D eigenvalue weighted by Gasteiger charge is 2.14. The Bertz CT molecular complexity index is 426. The normalized spacial score (nSPS) is 12.7. The molecule has 2 heterocycles. The van der Waals surface area contributed by atoms with Crippen molar-refractivity contribution in [2.75, 3.05) is 0 Å². The fraction of sp³-hybridized carbons (Fsp3) is 0.300. The number of hydrogen-bond acceptors (Lipinski definition) is 5. The molecule has 0 saturated heterocycles. The molecule has 5 nitrogen and oxygen atoms in total. The molecule has 0 amide bonds. The molecule has 78 valence electrons. The number of nitrogens with two attached hydrogens (primary N) is 1. The highest BCUT2D eigenvalue weighted by molar-refractivity contribution is 5.20. The van der Waals surface area contributed by atoms with Gasteiger partial charge in [-0.1, -0.05) is 12.1 Å². The summed E-state index contributed by atoms with van der Waals surface area (Å²) in [4.78, 5) is 8.10. The Balaban J connectivity index is 2.24. The zero-order valence-corrected chi connectivity index (χ0v) is 8.42. The van der Waals surface area contributed by atoms with Crippen LogP contribution in [0.5, 0.6) is 0 Å². The fourth-order valence-corrected chi connectivity index (χ4v) is 1.26. The number of nitrogens with zero attached hydrogens (tertiary/aromatic N) is 3. The summed E-state index contributed by atoms with van der Waals surface area (Å²) in [6, 6.07) is 3.33. The van der Waals surface area contributed by atoms with Gasteiger partial charge in [-0.3, -0.25) is 4.98 Å². The van der Waals surface area contributed by atoms with Gasteiger partial charge >= 0.3 is 0 Å². The molecule has 0 fully saturated rings. The third kappa shape index (κ3) is 2.02. The highest BCUT2D eigenvalue weighted by atomic mass is 16.5. The van der Waals surface area contributed by atoms with Crippen molar-refractivity contribution in [3.63, 3.8) is 0 Å². The van der Waals surface area contributed by atoms with E-state index in [0.717, 1.165) is 12.0 Å². The molecule has 1 atom stereocenters. The summed E-state index contributed by atoms with van der Waals surface area (Å²) in [6.07, 6.45) is 4.10. The Kier molecular flexibility index (Phi) is 2.73. The van der Waals surface area contributed by atoms with E-state index in [1.54, 1.807) is 12.4 Å². The number of hydrogen-bond donors (Lipinski definition) is 1. The second kappa shape index (κ2) is 4.18. The van der Waals surface area contributed by atoms with Gasteiger partial charge in [0.2, 0.25) is 5.89 Å². The molecule has 0 spiro atoms. The SMILES string of the molecule is CCc1nc([C@H](N)c2ccncc2)no1. The maximum absolute atomic E-state index is 5.97. The van der Waals surface area contributed by atoms with Gasteiger partial charge < -0.3 is 10.3 Å². The molecule has 2 aromatic heterocycles. The Morgan fingerprint density at radius 1 is 1.40 bits per heavy atom. The van der Waals surface area contributed by atoms with Crippen molar-refractivity contribution in [1.82, 2.24) is 15.1 Å². The lowest BCUT2D eigenvalue weighted by atomic mass is 10.1. The van der Waals surface area contributed by atoms with Crippen LogP contribution in [0, 0.1) is 0 Å². The molecule has 2 aromatic rings. The zero-order valence-electron chi connectivity index (χ0n) is 8.42. The minimum absolute atomic E-state index is 0.350. The lowest BCUT2D eigenvalue weighted by Gasteiger charge is -2.05. The molecular formula is C10H12N4O. The second-order valence-corrected chi connectivity index (χ2v) is 3.16. The van der Waals surface area contributed by atoms with E-state index < -0.39 is 0 Å². The lowest BCUT2D eigenvalue weighted by molar-refractivity contribution is 0.375. The summed E-state index contributed by atoms with van der Waals surface area (Å²) in [5.41, 5.74) is 6.90. The molecule has 2 N–H and O–H groups in total. The largest absolute Gasteiger partial charge is 0.339 e. The molecule has 0 saturated carbocycles. The molecule has 2 rings (SSSR count). The summed E-state index contributed by atoms with van der Waals surface area (Å²) < 4.78 is 5.00. The van der Waals surface area contributed by atoms with Crippen molar-refractivity contribution < 1.29 is 4.52 Å². The Morgan fingerprint density at radius 3 is 2.73 bits per heavy atom. The van der Waals surface area contributed by atoms with E-state index in [9.17, 15) is 0 Å². The number of aryl methyl sites for hydroxylation is 1. The minimum Gasteiger partial charge on any atom is -0.339 e. The number of aromatic nitrogens is 3. The van der Waals surface area contributed by atoms with Gasteiger partial charge in [-0.2, -0.15) is 4.98 Å². The van der Waals surface area contributed by atoms with E-state index in [-0.39, 0.29) is 6.04 Å². The van der Waals surface area contributed by atoms with E-state index in [2.05, 4.69) is 15.1 Å². The first-order valence-corrected chi connectivity index (χ1v) is 4.79. The van der Waals surface area contributed by atoms with Crippen LogP contribution in [-0.4, -0.2) is 15.1 Å². The summed E-state index contributed by atoms with van der Waals surface area (Å²) in [5, 5.41) is 3.83. The maximum Gasteiger partial charge on any atom is 0.226 e. The molecule has 0 aliphatic heterocycles. The van der Waals surface area contributed by atoms with Crippen molar-refractivity contribution in [2.45, 2.75) is 19.4 Å². The van der Waals surface area contributed by atoms with Crippen LogP contribution in [0.25, 0.3) is 0 Å². The van der Waals surface area contributed by atoms with Gasteiger partial charge in [0.1, 0.15) is 0 Å². The van der Waals surface area contributed by atoms with Crippen LogP contribution in [0.1, 0.15) is 30.2 Å². The molecule has 0 aliphatic rings. The highest BCUT2D eigenvalue weighted by Crippen LogP contribution is 2.15. The third-order valence-corrected chi connectivity index (χ3v) is 2.13. The Labute approximate surface area is 87.3 Å². The second-order valence-electron chi connectivity index (χ2n) is 3.16. The average Bonchev–Trinajstić information content (AvgIpc) is 2.78. The topological polar surface area (TPSA) is 77.8 Å². The quantitative estimate of drug-likeness (QED) is 0.809. The predicted octanol–water partition coefficient (Wildman–Crippen LogP) is 1.08. The van der Waals surface area contributed by atoms with Crippen LogP contribution < -0.4 is 5.73 Å². The van der Waals surface area contributed by atoms with Gasteiger partial charge in [0.15, 0.2) is 5.82 Å². The van der Waals surface area contributed by atoms with Crippen LogP contribution in [0.3, 0.4) is 0 Å². The van der Waals surface area contributed by atoms with Gasteiger partial charge in [0.25, 0.3) is 0 Å².